The molecule has 4 N–H and O–H groups in total. The minimum atomic E-state index is -3.87. The summed E-state index contributed by atoms with van der Waals surface area (Å²) in [6.45, 7) is 4.79. The molecule has 4 aromatic heterocycles. The number of benzene rings is 10. The van der Waals surface area contributed by atoms with E-state index in [1.54, 1.807) is 69.4 Å². The van der Waals surface area contributed by atoms with Crippen LogP contribution in [0, 0.1) is 5.82 Å². The number of nitrogens with one attached hydrogen (secondary N) is 4. The maximum absolute atomic E-state index is 13.8. The van der Waals surface area contributed by atoms with Gasteiger partial charge in [0, 0.05) is 132 Å². The largest absolute Gasteiger partial charge is 0.497 e. The zero-order valence-corrected chi connectivity index (χ0v) is 73.7. The minimum absolute atomic E-state index is 0.0658. The van der Waals surface area contributed by atoms with Gasteiger partial charge in [-0.05, 0) is 229 Å². The molecule has 5 unspecified atom stereocenters. The predicted molar refractivity (Wildman–Crippen MR) is 481 cm³/mol. The van der Waals surface area contributed by atoms with E-state index in [0.29, 0.717) is 83.3 Å². The van der Waals surface area contributed by atoms with Gasteiger partial charge in [0.1, 0.15) is 33.7 Å². The molecule has 5 atom stereocenters. The van der Waals surface area contributed by atoms with Gasteiger partial charge in [0.25, 0.3) is 11.8 Å². The predicted octanol–water partition coefficient (Wildman–Crippen LogP) is 20.7. The highest BCUT2D eigenvalue weighted by Crippen LogP contribution is 2.47. The lowest BCUT2D eigenvalue weighted by molar-refractivity contribution is -0.158. The van der Waals surface area contributed by atoms with Crippen LogP contribution in [0.15, 0.2) is 217 Å². The molecule has 3 amide bonds. The number of methoxy groups -OCH3 is 5. The molecule has 0 spiro atoms. The monoisotopic (exact) mass is 1810 g/mol. The van der Waals surface area contributed by atoms with Crippen LogP contribution in [-0.2, 0) is 64.4 Å². The van der Waals surface area contributed by atoms with E-state index in [0.717, 1.165) is 123 Å². The molecule has 10 aromatic carbocycles. The van der Waals surface area contributed by atoms with Crippen LogP contribution in [0.25, 0.3) is 43.6 Å². The van der Waals surface area contributed by atoms with E-state index in [4.69, 9.17) is 98.0 Å². The summed E-state index contributed by atoms with van der Waals surface area (Å²) in [4.78, 5) is 82.2. The van der Waals surface area contributed by atoms with E-state index >= 15 is 0 Å². The van der Waals surface area contributed by atoms with Crippen molar-refractivity contribution in [2.75, 3.05) is 61.7 Å². The van der Waals surface area contributed by atoms with Crippen molar-refractivity contribution in [2.45, 2.75) is 87.5 Å². The quantitative estimate of drug-likeness (QED) is 0.0658. The minimum Gasteiger partial charge on any atom is -0.497 e. The summed E-state index contributed by atoms with van der Waals surface area (Å²) in [6, 6.07) is 62.6. The summed E-state index contributed by atoms with van der Waals surface area (Å²) >= 11 is 37.2. The number of ether oxygens (including phenoxy) is 6. The van der Waals surface area contributed by atoms with Gasteiger partial charge in [-0.25, -0.2) is 12.8 Å². The number of aromatic nitrogens is 4. The molecule has 638 valence electrons. The summed E-state index contributed by atoms with van der Waals surface area (Å²) in [6.07, 6.45) is 1.95. The van der Waals surface area contributed by atoms with Gasteiger partial charge >= 0.3 is 11.9 Å². The number of hydrogen-bond donors (Lipinski definition) is 4. The average molecular weight is 1810 g/mol. The molecule has 18 rings (SSSR count). The molecule has 29 heteroatoms. The smallest absolute Gasteiger partial charge is 0.306 e. The van der Waals surface area contributed by atoms with E-state index in [9.17, 15) is 36.8 Å². The Hall–Kier alpha value is -11.5. The number of hydrogen-bond acceptors (Lipinski definition) is 13. The third-order valence-electron chi connectivity index (χ3n) is 23.0. The molecule has 0 saturated carbocycles. The van der Waals surface area contributed by atoms with E-state index in [2.05, 4.69) is 19.9 Å². The number of halogens is 7. The van der Waals surface area contributed by atoms with Crippen LogP contribution in [0.3, 0.4) is 0 Å². The van der Waals surface area contributed by atoms with Crippen LogP contribution in [-0.4, -0.2) is 145 Å². The molecular weight excluding hydrogens is 1720 g/mol. The van der Waals surface area contributed by atoms with Crippen LogP contribution in [0.2, 0.25) is 30.1 Å². The number of aromatic amines is 4. The molecule has 4 aliphatic heterocycles. The normalized spacial score (nSPS) is 16.2. The van der Waals surface area contributed by atoms with Crippen LogP contribution < -0.4 is 18.9 Å². The Labute approximate surface area is 745 Å². The first-order valence-corrected chi connectivity index (χ1v) is 43.6. The first-order chi connectivity index (χ1) is 59.7. The van der Waals surface area contributed by atoms with Crippen LogP contribution in [0.5, 0.6) is 23.0 Å². The molecular formula is C95H85Cl6FN8O13S. The molecule has 0 bridgehead atoms. The number of carbonyl (C=O) groups excluding carboxylic acids is 5. The van der Waals surface area contributed by atoms with Crippen molar-refractivity contribution >= 4 is 153 Å². The summed E-state index contributed by atoms with van der Waals surface area (Å²) in [5.74, 6) is 0.990. The summed E-state index contributed by atoms with van der Waals surface area (Å²) in [7, 11) is 3.91. The van der Waals surface area contributed by atoms with Crippen molar-refractivity contribution in [1.29, 1.82) is 0 Å². The van der Waals surface area contributed by atoms with E-state index in [1.165, 1.54) is 42.1 Å². The molecule has 21 nitrogen and oxygen atoms in total. The fourth-order valence-corrected chi connectivity index (χ4v) is 20.0. The summed E-state index contributed by atoms with van der Waals surface area (Å²) < 4.78 is 73.8. The second-order valence-electron chi connectivity index (χ2n) is 30.2. The van der Waals surface area contributed by atoms with Gasteiger partial charge < -0.3 is 63.1 Å². The van der Waals surface area contributed by atoms with Crippen molar-refractivity contribution in [3.63, 3.8) is 0 Å². The Morgan fingerprint density at radius 1 is 0.427 bits per heavy atom. The number of H-pyrrole nitrogens is 4. The zero-order valence-electron chi connectivity index (χ0n) is 68.3. The molecule has 4 aliphatic rings. The lowest BCUT2D eigenvalue weighted by Gasteiger charge is -2.37. The van der Waals surface area contributed by atoms with Gasteiger partial charge in [0.15, 0.2) is 6.10 Å². The zero-order chi connectivity index (χ0) is 87.5. The maximum atomic E-state index is 13.8. The fourth-order valence-electron chi connectivity index (χ4n) is 17.1. The Kier molecular flexibility index (Phi) is 26.4. The number of nitrogens with zero attached hydrogens (tertiary/aromatic N) is 4. The van der Waals surface area contributed by atoms with Crippen LogP contribution in [0.4, 0.5) is 4.39 Å². The summed E-state index contributed by atoms with van der Waals surface area (Å²) in [5.41, 5.74) is 16.2. The standard InChI is InChI=1S/C25H19Cl2FN2O2.C24H20Cl2N2O3S.2C23H23ClN2O4/c1-32-17-6-2-14(3-7-17)24-23-18(19-13-16(26)5-9-22(19)29-23)10-11-30(24)25(31)15-4-8-21(28)20(27)12-15;1-31-17-9-6-15(7-10-17)24-23-18(19-14-16(25)8-11-21(19)27-23)12-13-28(24)32(29,30)22-5-3-2-4-20(22)26;1-13(30-14(2)27)23(28)26-11-10-18-19-12-16(24)6-9-20(19)25-21(18)22(26)15-4-7-17(29-3)8-5-15;1-29-16-6-3-14(4-7-16)23-22-17(18-13-15(24)5-8-19(18)25-22)11-12-26(23)20(27)9-10-21(28)30-2/h2-9,12-13,24,29H,10-11H2,1H3;2-11,14,24,27H,12-13H2,1H3;4-9,12-13,22,25H,10-11H2,1-3H3;3-8,13,23,25H,9-12H2,1-2H3. The lowest BCUT2D eigenvalue weighted by atomic mass is 9.91. The Bertz CT molecular complexity index is 6500. The van der Waals surface area contributed by atoms with Gasteiger partial charge in [-0.1, -0.05) is 130 Å². The number of sulfonamides is 1. The third kappa shape index (κ3) is 18.0. The first-order valence-electron chi connectivity index (χ1n) is 39.9. The van der Waals surface area contributed by atoms with Crippen molar-refractivity contribution in [3.8, 4) is 23.0 Å². The number of rotatable bonds is 16. The van der Waals surface area contributed by atoms with Crippen LogP contribution in [0.1, 0.15) is 128 Å². The van der Waals surface area contributed by atoms with Crippen LogP contribution >= 0.6 is 69.6 Å². The fraction of sp³-hybridized carbons (Fsp3) is 0.232. The summed E-state index contributed by atoms with van der Waals surface area (Å²) in [5, 5.41) is 7.02. The van der Waals surface area contributed by atoms with Gasteiger partial charge in [-0.3, -0.25) is 24.0 Å². The first kappa shape index (κ1) is 87.4. The lowest BCUT2D eigenvalue weighted by Crippen LogP contribution is -2.45. The van der Waals surface area contributed by atoms with Crippen molar-refractivity contribution < 1.29 is 65.2 Å². The highest BCUT2D eigenvalue weighted by atomic mass is 35.5. The topological polar surface area (TPSA) is 251 Å². The highest BCUT2D eigenvalue weighted by Gasteiger charge is 2.43. The molecule has 124 heavy (non-hydrogen) atoms. The van der Waals surface area contributed by atoms with E-state index in [-0.39, 0.29) is 69.6 Å². The second-order valence-corrected chi connectivity index (χ2v) is 34.6. The Morgan fingerprint density at radius 3 is 1.18 bits per heavy atom. The molecule has 14 aromatic rings. The number of esters is 2. The number of carbonyl (C=O) groups is 5. The molecule has 0 aliphatic carbocycles. The van der Waals surface area contributed by atoms with Gasteiger partial charge in [-0.15, -0.1) is 0 Å². The number of fused-ring (bicyclic) bond motifs is 12. The molecule has 8 heterocycles. The van der Waals surface area contributed by atoms with Crippen molar-refractivity contribution in [2.24, 2.45) is 0 Å². The molecule has 0 radical (unpaired) electrons. The van der Waals surface area contributed by atoms with Gasteiger partial charge in [-0.2, -0.15) is 4.31 Å². The second kappa shape index (κ2) is 37.5. The van der Waals surface area contributed by atoms with E-state index in [1.807, 2.05) is 175 Å². The van der Waals surface area contributed by atoms with E-state index < -0.39 is 34.0 Å². The van der Waals surface area contributed by atoms with Crippen molar-refractivity contribution in [1.82, 2.24) is 38.9 Å². The third-order valence-corrected chi connectivity index (χ3v) is 26.5. The Balaban J connectivity index is 0.000000128. The van der Waals surface area contributed by atoms with Gasteiger partial charge in [0.05, 0.1) is 76.2 Å². The number of amides is 3. The van der Waals surface area contributed by atoms with Gasteiger partial charge in [0.2, 0.25) is 15.9 Å². The maximum Gasteiger partial charge on any atom is 0.306 e. The average Bonchev–Trinajstić information content (AvgIpc) is 1.61. The SMILES string of the molecule is COC(=O)CCC(=O)N1CCc2c([nH]c3ccc(Cl)cc23)C1c1ccc(OC)cc1.COc1ccc(C2c3[nH]c4ccc(Cl)cc4c3CCN2C(=O)C(C)OC(C)=O)cc1.COc1ccc(C2c3[nH]c4ccc(Cl)cc4c3CCN2C(=O)c2ccc(F)c(Cl)c2)cc1.COc1ccc(C2c3[nH]c4ccc(Cl)cc4c3CCN2S(=O)(=O)c2ccccc2Cl)cc1. The molecule has 0 saturated heterocycles. The highest BCUT2D eigenvalue weighted by molar-refractivity contribution is 7.89. The van der Waals surface area contributed by atoms with Crippen molar-refractivity contribution in [3.05, 3.63) is 321 Å². The molecule has 0 fully saturated rings. The Morgan fingerprint density at radius 2 is 0.790 bits per heavy atom.